The predicted octanol–water partition coefficient (Wildman–Crippen LogP) is 2.80. The number of likely N-dealkylation sites (tertiary alicyclic amines) is 1. The van der Waals surface area contributed by atoms with E-state index in [1.165, 1.54) is 45.2 Å². The van der Waals surface area contributed by atoms with E-state index in [9.17, 15) is 4.79 Å². The molecule has 0 aromatic rings. The largest absolute Gasteiger partial charge is 0.343 e. The summed E-state index contributed by atoms with van der Waals surface area (Å²) < 4.78 is 0. The van der Waals surface area contributed by atoms with E-state index >= 15 is 0 Å². The Morgan fingerprint density at radius 2 is 1.95 bits per heavy atom. The first-order chi connectivity index (χ1) is 9.11. The molecule has 19 heavy (non-hydrogen) atoms. The van der Waals surface area contributed by atoms with Gasteiger partial charge in [-0.2, -0.15) is 0 Å². The summed E-state index contributed by atoms with van der Waals surface area (Å²) in [6, 6.07) is 0. The Kier molecular flexibility index (Phi) is 5.26. The summed E-state index contributed by atoms with van der Waals surface area (Å²) in [5.41, 5.74) is 0.522. The number of rotatable bonds is 5. The van der Waals surface area contributed by atoms with Crippen LogP contribution in [0.25, 0.3) is 0 Å². The van der Waals surface area contributed by atoms with Crippen LogP contribution in [0.4, 0.5) is 0 Å². The first kappa shape index (κ1) is 14.8. The molecule has 2 rings (SSSR count). The van der Waals surface area contributed by atoms with Gasteiger partial charge >= 0.3 is 0 Å². The highest BCUT2D eigenvalue weighted by Gasteiger charge is 2.37. The third kappa shape index (κ3) is 4.20. The first-order valence-electron chi connectivity index (χ1n) is 8.10. The van der Waals surface area contributed by atoms with Crippen LogP contribution in [-0.4, -0.2) is 37.0 Å². The van der Waals surface area contributed by atoms with Crippen LogP contribution in [0.3, 0.4) is 0 Å². The normalized spacial score (nSPS) is 22.4. The molecular weight excluding hydrogens is 236 g/mol. The second kappa shape index (κ2) is 6.74. The number of nitrogens with one attached hydrogen (secondary N) is 1. The van der Waals surface area contributed by atoms with Crippen LogP contribution in [0.15, 0.2) is 0 Å². The van der Waals surface area contributed by atoms with Crippen molar-refractivity contribution in [2.75, 3.05) is 26.2 Å². The predicted molar refractivity (Wildman–Crippen MR) is 79.0 cm³/mol. The fourth-order valence-corrected chi connectivity index (χ4v) is 3.44. The van der Waals surface area contributed by atoms with Crippen LogP contribution in [0, 0.1) is 11.3 Å². The van der Waals surface area contributed by atoms with Gasteiger partial charge in [-0.3, -0.25) is 4.79 Å². The van der Waals surface area contributed by atoms with Gasteiger partial charge in [0.15, 0.2) is 0 Å². The van der Waals surface area contributed by atoms with Gasteiger partial charge < -0.3 is 10.2 Å². The van der Waals surface area contributed by atoms with Crippen LogP contribution in [0.1, 0.15) is 58.8 Å². The quantitative estimate of drug-likeness (QED) is 0.776. The van der Waals surface area contributed by atoms with E-state index in [2.05, 4.69) is 24.1 Å². The van der Waals surface area contributed by atoms with Gasteiger partial charge in [0.25, 0.3) is 0 Å². The van der Waals surface area contributed by atoms with E-state index in [0.717, 1.165) is 31.8 Å². The Balaban J connectivity index is 1.65. The molecule has 0 saturated carbocycles. The molecule has 0 bridgehead atoms. The lowest BCUT2D eigenvalue weighted by atomic mass is 9.78. The Labute approximate surface area is 118 Å². The van der Waals surface area contributed by atoms with Crippen molar-refractivity contribution in [3.8, 4) is 0 Å². The summed E-state index contributed by atoms with van der Waals surface area (Å²) in [4.78, 5) is 14.3. The molecule has 0 atom stereocenters. The van der Waals surface area contributed by atoms with Crippen molar-refractivity contribution < 1.29 is 4.79 Å². The summed E-state index contributed by atoms with van der Waals surface area (Å²) in [5, 5.41) is 3.48. The van der Waals surface area contributed by atoms with Crippen molar-refractivity contribution in [3.63, 3.8) is 0 Å². The topological polar surface area (TPSA) is 32.3 Å². The van der Waals surface area contributed by atoms with Crippen molar-refractivity contribution in [2.24, 2.45) is 11.3 Å². The second-order valence-electron chi connectivity index (χ2n) is 6.95. The van der Waals surface area contributed by atoms with Crippen LogP contribution < -0.4 is 5.32 Å². The Morgan fingerprint density at radius 3 is 2.53 bits per heavy atom. The number of nitrogens with zero attached hydrogens (tertiary/aromatic N) is 1. The molecule has 1 spiro atoms. The van der Waals surface area contributed by atoms with Gasteiger partial charge in [-0.15, -0.1) is 0 Å². The van der Waals surface area contributed by atoms with E-state index in [0.29, 0.717) is 11.3 Å². The van der Waals surface area contributed by atoms with Crippen molar-refractivity contribution in [1.29, 1.82) is 0 Å². The van der Waals surface area contributed by atoms with Crippen molar-refractivity contribution in [2.45, 2.75) is 58.8 Å². The lowest BCUT2D eigenvalue weighted by Gasteiger charge is -2.39. The molecule has 2 saturated heterocycles. The van der Waals surface area contributed by atoms with Gasteiger partial charge in [0, 0.05) is 26.1 Å². The van der Waals surface area contributed by atoms with Crippen molar-refractivity contribution in [3.05, 3.63) is 0 Å². The lowest BCUT2D eigenvalue weighted by Crippen LogP contribution is -2.43. The highest BCUT2D eigenvalue weighted by Crippen LogP contribution is 2.37. The minimum absolute atomic E-state index is 0.393. The fraction of sp³-hybridized carbons (Fsp3) is 0.938. The maximum atomic E-state index is 12.2. The van der Waals surface area contributed by atoms with Crippen LogP contribution >= 0.6 is 0 Å². The summed E-state index contributed by atoms with van der Waals surface area (Å²) in [5.74, 6) is 1.16. The van der Waals surface area contributed by atoms with Gasteiger partial charge in [0.2, 0.25) is 5.91 Å². The summed E-state index contributed by atoms with van der Waals surface area (Å²) in [7, 11) is 0. The number of hydrogen-bond acceptors (Lipinski definition) is 2. The number of carbonyl (C=O) groups is 1. The average Bonchev–Trinajstić information content (AvgIpc) is 2.83. The highest BCUT2D eigenvalue weighted by molar-refractivity contribution is 5.76. The zero-order valence-electron chi connectivity index (χ0n) is 12.7. The lowest BCUT2D eigenvalue weighted by molar-refractivity contribution is -0.133. The van der Waals surface area contributed by atoms with Crippen molar-refractivity contribution in [1.82, 2.24) is 10.2 Å². The molecule has 0 aliphatic carbocycles. The third-order valence-corrected chi connectivity index (χ3v) is 4.93. The van der Waals surface area contributed by atoms with Gasteiger partial charge in [-0.05, 0) is 43.6 Å². The summed E-state index contributed by atoms with van der Waals surface area (Å²) in [6.45, 7) is 8.82. The molecule has 2 aliphatic heterocycles. The first-order valence-corrected chi connectivity index (χ1v) is 8.10. The minimum atomic E-state index is 0.393. The summed E-state index contributed by atoms with van der Waals surface area (Å²) >= 11 is 0. The number of carbonyl (C=O) groups excluding carboxylic acids is 1. The molecule has 0 aromatic heterocycles. The number of piperidine rings is 1. The molecule has 2 fully saturated rings. The van der Waals surface area contributed by atoms with Gasteiger partial charge in [-0.25, -0.2) is 0 Å². The molecule has 110 valence electrons. The highest BCUT2D eigenvalue weighted by atomic mass is 16.2. The monoisotopic (exact) mass is 266 g/mol. The molecule has 3 heteroatoms. The van der Waals surface area contributed by atoms with E-state index in [-0.39, 0.29) is 0 Å². The molecule has 2 aliphatic rings. The fourth-order valence-electron chi connectivity index (χ4n) is 3.44. The molecule has 0 radical (unpaired) electrons. The molecular formula is C16H30N2O. The Bertz CT molecular complexity index is 285. The maximum Gasteiger partial charge on any atom is 0.222 e. The van der Waals surface area contributed by atoms with Crippen LogP contribution in [0.2, 0.25) is 0 Å². The Morgan fingerprint density at radius 1 is 1.21 bits per heavy atom. The zero-order chi connectivity index (χ0) is 13.7. The molecule has 3 nitrogen and oxygen atoms in total. The minimum Gasteiger partial charge on any atom is -0.343 e. The van der Waals surface area contributed by atoms with E-state index in [1.54, 1.807) is 0 Å². The Hall–Kier alpha value is -0.570. The van der Waals surface area contributed by atoms with Gasteiger partial charge in [-0.1, -0.05) is 26.7 Å². The second-order valence-corrected chi connectivity index (χ2v) is 6.95. The van der Waals surface area contributed by atoms with Gasteiger partial charge in [0.1, 0.15) is 0 Å². The maximum absolute atomic E-state index is 12.2. The number of amides is 1. The van der Waals surface area contributed by atoms with Gasteiger partial charge in [0.05, 0.1) is 0 Å². The van der Waals surface area contributed by atoms with Crippen molar-refractivity contribution >= 4 is 5.91 Å². The molecule has 0 unspecified atom stereocenters. The zero-order valence-corrected chi connectivity index (χ0v) is 12.7. The standard InChI is InChI=1S/C16H30N2O/c1-14(2)5-3-4-6-15(19)18-11-8-16(9-12-18)7-10-17-13-16/h14,17H,3-13H2,1-2H3. The third-order valence-electron chi connectivity index (χ3n) is 4.93. The molecule has 2 heterocycles. The molecule has 0 aromatic carbocycles. The van der Waals surface area contributed by atoms with E-state index in [1.807, 2.05) is 0 Å². The number of unbranched alkanes of at least 4 members (excludes halogenated alkanes) is 1. The van der Waals surface area contributed by atoms with Crippen LogP contribution in [-0.2, 0) is 4.79 Å². The summed E-state index contributed by atoms with van der Waals surface area (Å²) in [6.07, 6.45) is 8.00. The SMILES string of the molecule is CC(C)CCCCC(=O)N1CCC2(CCNC2)CC1. The average molecular weight is 266 g/mol. The van der Waals surface area contributed by atoms with E-state index < -0.39 is 0 Å². The van der Waals surface area contributed by atoms with E-state index in [4.69, 9.17) is 0 Å². The smallest absolute Gasteiger partial charge is 0.222 e. The molecule has 1 amide bonds. The number of hydrogen-bond donors (Lipinski definition) is 1. The van der Waals surface area contributed by atoms with Crippen LogP contribution in [0.5, 0.6) is 0 Å². The molecule has 1 N–H and O–H groups in total.